The summed E-state index contributed by atoms with van der Waals surface area (Å²) in [5.74, 6) is 1.56. The van der Waals surface area contributed by atoms with Gasteiger partial charge in [0, 0.05) is 32.3 Å². The molecule has 1 atom stereocenters. The molecule has 2 aromatic rings. The van der Waals surface area contributed by atoms with Gasteiger partial charge in [-0.2, -0.15) is 5.10 Å². The summed E-state index contributed by atoms with van der Waals surface area (Å²) in [6, 6.07) is 12.7. The molecule has 2 N–H and O–H groups in total. The Labute approximate surface area is 125 Å². The minimum absolute atomic E-state index is 0.594. The van der Waals surface area contributed by atoms with E-state index in [2.05, 4.69) is 55.7 Å². The number of rotatable bonds is 3. The molecule has 2 heterocycles. The van der Waals surface area contributed by atoms with E-state index in [1.54, 1.807) is 6.20 Å². The van der Waals surface area contributed by atoms with Crippen molar-refractivity contribution in [3.8, 4) is 0 Å². The standard InChI is InChI=1S/C16H21N5/c1-17-16(18-11-15-7-9-19-20-15)21-10-8-14(12-21)13-5-3-2-4-6-13/h2-7,9,14H,8,10-12H2,1H3,(H,17,18)(H,19,20). The number of aromatic nitrogens is 2. The van der Waals surface area contributed by atoms with Crippen LogP contribution < -0.4 is 5.32 Å². The molecule has 1 unspecified atom stereocenters. The maximum Gasteiger partial charge on any atom is 0.193 e. The highest BCUT2D eigenvalue weighted by molar-refractivity contribution is 5.80. The van der Waals surface area contributed by atoms with Crippen molar-refractivity contribution < 1.29 is 0 Å². The molecule has 21 heavy (non-hydrogen) atoms. The van der Waals surface area contributed by atoms with Crippen LogP contribution in [0, 0.1) is 0 Å². The van der Waals surface area contributed by atoms with Gasteiger partial charge in [0.15, 0.2) is 5.96 Å². The number of likely N-dealkylation sites (tertiary alicyclic amines) is 1. The van der Waals surface area contributed by atoms with E-state index in [4.69, 9.17) is 0 Å². The average molecular weight is 283 g/mol. The Morgan fingerprint density at radius 3 is 2.95 bits per heavy atom. The quantitative estimate of drug-likeness (QED) is 0.669. The van der Waals surface area contributed by atoms with Crippen LogP contribution in [-0.2, 0) is 6.54 Å². The van der Waals surface area contributed by atoms with Gasteiger partial charge in [-0.1, -0.05) is 30.3 Å². The van der Waals surface area contributed by atoms with Gasteiger partial charge in [-0.3, -0.25) is 10.1 Å². The molecule has 0 aliphatic carbocycles. The average Bonchev–Trinajstić information content (AvgIpc) is 3.20. The molecule has 1 aliphatic heterocycles. The van der Waals surface area contributed by atoms with Crippen LogP contribution in [0.1, 0.15) is 23.6 Å². The van der Waals surface area contributed by atoms with Crippen molar-refractivity contribution in [1.82, 2.24) is 20.4 Å². The highest BCUT2D eigenvalue weighted by atomic mass is 15.3. The van der Waals surface area contributed by atoms with E-state index < -0.39 is 0 Å². The Balaban J connectivity index is 1.59. The van der Waals surface area contributed by atoms with Crippen molar-refractivity contribution >= 4 is 5.96 Å². The SMILES string of the molecule is CN=C(NCc1ccn[nH]1)N1CCC(c2ccccc2)C1. The van der Waals surface area contributed by atoms with Crippen LogP contribution in [0.4, 0.5) is 0 Å². The van der Waals surface area contributed by atoms with Crippen LogP contribution in [0.25, 0.3) is 0 Å². The molecule has 1 saturated heterocycles. The highest BCUT2D eigenvalue weighted by Gasteiger charge is 2.25. The van der Waals surface area contributed by atoms with Crippen LogP contribution >= 0.6 is 0 Å². The summed E-state index contributed by atoms with van der Waals surface area (Å²) in [5, 5.41) is 10.3. The Morgan fingerprint density at radius 1 is 1.38 bits per heavy atom. The maximum atomic E-state index is 4.39. The molecule has 110 valence electrons. The number of aromatic amines is 1. The smallest absolute Gasteiger partial charge is 0.193 e. The summed E-state index contributed by atoms with van der Waals surface area (Å²) >= 11 is 0. The molecule has 1 aliphatic rings. The molecule has 0 amide bonds. The van der Waals surface area contributed by atoms with Crippen molar-refractivity contribution in [2.24, 2.45) is 4.99 Å². The van der Waals surface area contributed by atoms with Crippen molar-refractivity contribution in [2.75, 3.05) is 20.1 Å². The van der Waals surface area contributed by atoms with E-state index >= 15 is 0 Å². The van der Waals surface area contributed by atoms with Gasteiger partial charge < -0.3 is 10.2 Å². The number of nitrogens with zero attached hydrogens (tertiary/aromatic N) is 3. The second-order valence-corrected chi connectivity index (χ2v) is 5.32. The van der Waals surface area contributed by atoms with Crippen LogP contribution in [0.3, 0.4) is 0 Å². The first kappa shape index (κ1) is 13.7. The van der Waals surface area contributed by atoms with Crippen molar-refractivity contribution in [3.05, 3.63) is 53.9 Å². The van der Waals surface area contributed by atoms with E-state index in [0.29, 0.717) is 5.92 Å². The third-order valence-electron chi connectivity index (χ3n) is 3.97. The Bertz CT molecular complexity index is 576. The molecule has 1 aromatic carbocycles. The van der Waals surface area contributed by atoms with Crippen LogP contribution in [-0.4, -0.2) is 41.2 Å². The second kappa shape index (κ2) is 6.43. The number of hydrogen-bond acceptors (Lipinski definition) is 2. The lowest BCUT2D eigenvalue weighted by atomic mass is 9.99. The number of nitrogens with one attached hydrogen (secondary N) is 2. The van der Waals surface area contributed by atoms with Gasteiger partial charge in [0.05, 0.1) is 12.2 Å². The summed E-state index contributed by atoms with van der Waals surface area (Å²) < 4.78 is 0. The van der Waals surface area contributed by atoms with Gasteiger partial charge in [0.1, 0.15) is 0 Å². The normalized spacial score (nSPS) is 19.0. The molecule has 0 saturated carbocycles. The largest absolute Gasteiger partial charge is 0.351 e. The zero-order valence-corrected chi connectivity index (χ0v) is 12.3. The Hall–Kier alpha value is -2.30. The Kier molecular flexibility index (Phi) is 4.19. The minimum Gasteiger partial charge on any atom is -0.351 e. The molecule has 3 rings (SSSR count). The van der Waals surface area contributed by atoms with Gasteiger partial charge in [0.25, 0.3) is 0 Å². The summed E-state index contributed by atoms with van der Waals surface area (Å²) in [6.07, 6.45) is 2.94. The molecule has 0 radical (unpaired) electrons. The maximum absolute atomic E-state index is 4.39. The first-order valence-corrected chi connectivity index (χ1v) is 7.35. The van der Waals surface area contributed by atoms with Gasteiger partial charge in [0.2, 0.25) is 0 Å². The summed E-state index contributed by atoms with van der Waals surface area (Å²) in [5.41, 5.74) is 2.49. The highest BCUT2D eigenvalue weighted by Crippen LogP contribution is 2.26. The van der Waals surface area contributed by atoms with Crippen molar-refractivity contribution in [2.45, 2.75) is 18.9 Å². The monoisotopic (exact) mass is 283 g/mol. The Morgan fingerprint density at radius 2 is 2.24 bits per heavy atom. The summed E-state index contributed by atoms with van der Waals surface area (Å²) in [6.45, 7) is 2.79. The van der Waals surface area contributed by atoms with Crippen LogP contribution in [0.15, 0.2) is 47.6 Å². The molecule has 0 spiro atoms. The lowest BCUT2D eigenvalue weighted by Gasteiger charge is -2.21. The van der Waals surface area contributed by atoms with Crippen molar-refractivity contribution in [3.63, 3.8) is 0 Å². The zero-order valence-electron chi connectivity index (χ0n) is 12.3. The molecular weight excluding hydrogens is 262 g/mol. The van der Waals surface area contributed by atoms with Crippen molar-refractivity contribution in [1.29, 1.82) is 0 Å². The van der Waals surface area contributed by atoms with Gasteiger partial charge in [-0.05, 0) is 18.1 Å². The van der Waals surface area contributed by atoms with E-state index in [1.165, 1.54) is 12.0 Å². The van der Waals surface area contributed by atoms with Crippen LogP contribution in [0.2, 0.25) is 0 Å². The summed E-state index contributed by atoms with van der Waals surface area (Å²) in [4.78, 5) is 6.72. The molecular formula is C16H21N5. The molecule has 5 nitrogen and oxygen atoms in total. The first-order valence-electron chi connectivity index (χ1n) is 7.35. The number of guanidine groups is 1. The van der Waals surface area contributed by atoms with Crippen LogP contribution in [0.5, 0.6) is 0 Å². The van der Waals surface area contributed by atoms with E-state index in [9.17, 15) is 0 Å². The van der Waals surface area contributed by atoms with E-state index in [-0.39, 0.29) is 0 Å². The van der Waals surface area contributed by atoms with Gasteiger partial charge >= 0.3 is 0 Å². The summed E-state index contributed by atoms with van der Waals surface area (Å²) in [7, 11) is 1.84. The lowest BCUT2D eigenvalue weighted by Crippen LogP contribution is -2.39. The van der Waals surface area contributed by atoms with E-state index in [0.717, 1.165) is 31.3 Å². The third-order valence-corrected chi connectivity index (χ3v) is 3.97. The zero-order chi connectivity index (χ0) is 14.5. The topological polar surface area (TPSA) is 56.3 Å². The minimum atomic E-state index is 0.594. The second-order valence-electron chi connectivity index (χ2n) is 5.32. The van der Waals surface area contributed by atoms with E-state index in [1.807, 2.05) is 13.1 Å². The molecule has 0 bridgehead atoms. The number of aliphatic imine (C=N–C) groups is 1. The van der Waals surface area contributed by atoms with Gasteiger partial charge in [-0.15, -0.1) is 0 Å². The van der Waals surface area contributed by atoms with Gasteiger partial charge in [-0.25, -0.2) is 0 Å². The predicted octanol–water partition coefficient (Wildman–Crippen LogP) is 1.97. The number of hydrogen-bond donors (Lipinski definition) is 2. The molecule has 1 aromatic heterocycles. The predicted molar refractivity (Wildman–Crippen MR) is 84.2 cm³/mol. The number of benzene rings is 1. The molecule has 1 fully saturated rings. The number of H-pyrrole nitrogens is 1. The third kappa shape index (κ3) is 3.24. The fraction of sp³-hybridized carbons (Fsp3) is 0.375. The first-order chi connectivity index (χ1) is 10.4. The fourth-order valence-electron chi connectivity index (χ4n) is 2.84. The fourth-order valence-corrected chi connectivity index (χ4v) is 2.84. The molecule has 5 heteroatoms. The lowest BCUT2D eigenvalue weighted by molar-refractivity contribution is 0.485.